The van der Waals surface area contributed by atoms with E-state index in [2.05, 4.69) is 4.98 Å². The first kappa shape index (κ1) is 13.2. The molecular formula is C14H14N2O3. The Bertz CT molecular complexity index is 584. The number of aliphatic hydroxyl groups is 1. The van der Waals surface area contributed by atoms with Crippen LogP contribution in [-0.2, 0) is 6.42 Å². The molecule has 2 aromatic rings. The molecule has 1 atom stereocenters. The highest BCUT2D eigenvalue weighted by atomic mass is 16.6. The average Bonchev–Trinajstić information content (AvgIpc) is 2.39. The van der Waals surface area contributed by atoms with Gasteiger partial charge in [0.05, 0.1) is 11.0 Å². The molecule has 0 radical (unpaired) electrons. The molecule has 1 heterocycles. The molecule has 0 fully saturated rings. The van der Waals surface area contributed by atoms with Crippen molar-refractivity contribution in [3.8, 4) is 0 Å². The van der Waals surface area contributed by atoms with E-state index in [1.807, 2.05) is 30.3 Å². The van der Waals surface area contributed by atoms with Gasteiger partial charge in [0.25, 0.3) is 5.69 Å². The van der Waals surface area contributed by atoms with Crippen molar-refractivity contribution in [2.45, 2.75) is 19.4 Å². The second kappa shape index (κ2) is 5.58. The van der Waals surface area contributed by atoms with Gasteiger partial charge in [-0.05, 0) is 18.6 Å². The molecule has 0 aliphatic rings. The molecule has 0 amide bonds. The number of aryl methyl sites for hydroxylation is 1. The minimum absolute atomic E-state index is 0.00190. The number of rotatable bonds is 4. The van der Waals surface area contributed by atoms with E-state index in [4.69, 9.17) is 0 Å². The van der Waals surface area contributed by atoms with Crippen LogP contribution in [0, 0.1) is 17.0 Å². The van der Waals surface area contributed by atoms with E-state index in [0.717, 1.165) is 5.56 Å². The van der Waals surface area contributed by atoms with Crippen LogP contribution in [0.4, 0.5) is 5.69 Å². The van der Waals surface area contributed by atoms with Crippen molar-refractivity contribution in [3.05, 3.63) is 69.5 Å². The number of nitro groups is 1. The van der Waals surface area contributed by atoms with Gasteiger partial charge in [-0.25, -0.2) is 0 Å². The Hall–Kier alpha value is -2.27. The molecule has 1 unspecified atom stereocenters. The van der Waals surface area contributed by atoms with Gasteiger partial charge in [-0.3, -0.25) is 15.1 Å². The Morgan fingerprint density at radius 3 is 2.63 bits per heavy atom. The second-order valence-electron chi connectivity index (χ2n) is 4.35. The Morgan fingerprint density at radius 1 is 1.37 bits per heavy atom. The Balaban J connectivity index is 2.16. The number of benzene rings is 1. The van der Waals surface area contributed by atoms with Crippen LogP contribution in [0.25, 0.3) is 0 Å². The Kier molecular flexibility index (Phi) is 3.87. The highest BCUT2D eigenvalue weighted by Crippen LogP contribution is 2.21. The van der Waals surface area contributed by atoms with Crippen LogP contribution < -0.4 is 0 Å². The van der Waals surface area contributed by atoms with Crippen molar-refractivity contribution in [1.82, 2.24) is 4.98 Å². The molecule has 5 nitrogen and oxygen atoms in total. The lowest BCUT2D eigenvalue weighted by atomic mass is 10.0. The number of hydrogen-bond acceptors (Lipinski definition) is 4. The van der Waals surface area contributed by atoms with Gasteiger partial charge in [-0.15, -0.1) is 0 Å². The average molecular weight is 258 g/mol. The minimum atomic E-state index is -0.658. The number of nitrogens with zero attached hydrogens (tertiary/aromatic N) is 2. The van der Waals surface area contributed by atoms with Crippen LogP contribution in [0.15, 0.2) is 42.6 Å². The van der Waals surface area contributed by atoms with Crippen molar-refractivity contribution in [2.75, 3.05) is 0 Å². The summed E-state index contributed by atoms with van der Waals surface area (Å²) < 4.78 is 0. The first-order chi connectivity index (χ1) is 9.08. The molecule has 1 aromatic heterocycles. The van der Waals surface area contributed by atoms with Crippen LogP contribution in [0.2, 0.25) is 0 Å². The SMILES string of the molecule is Cc1cc(CC(O)c2ccccc2)ncc1[N+](=O)[O-]. The largest absolute Gasteiger partial charge is 0.388 e. The molecule has 98 valence electrons. The standard InChI is InChI=1S/C14H14N2O3/c1-10-7-12(15-9-13(10)16(18)19)8-14(17)11-5-3-2-4-6-11/h2-7,9,14,17H,8H2,1H3. The molecule has 2 rings (SSSR count). The van der Waals surface area contributed by atoms with Gasteiger partial charge in [-0.2, -0.15) is 0 Å². The molecule has 0 saturated heterocycles. The predicted molar refractivity (Wildman–Crippen MR) is 70.7 cm³/mol. The smallest absolute Gasteiger partial charge is 0.290 e. The van der Waals surface area contributed by atoms with Gasteiger partial charge < -0.3 is 5.11 Å². The number of aliphatic hydroxyl groups excluding tert-OH is 1. The van der Waals surface area contributed by atoms with Crippen LogP contribution in [0.3, 0.4) is 0 Å². The van der Waals surface area contributed by atoms with Gasteiger partial charge >= 0.3 is 0 Å². The Morgan fingerprint density at radius 2 is 2.05 bits per heavy atom. The normalized spacial score (nSPS) is 12.1. The van der Waals surface area contributed by atoms with Crippen LogP contribution in [0.5, 0.6) is 0 Å². The second-order valence-corrected chi connectivity index (χ2v) is 4.35. The first-order valence-corrected chi connectivity index (χ1v) is 5.91. The summed E-state index contributed by atoms with van der Waals surface area (Å²) >= 11 is 0. The lowest BCUT2D eigenvalue weighted by molar-refractivity contribution is -0.385. The monoisotopic (exact) mass is 258 g/mol. The fraction of sp³-hybridized carbons (Fsp3) is 0.214. The topological polar surface area (TPSA) is 76.3 Å². The maximum absolute atomic E-state index is 10.7. The molecule has 0 aliphatic heterocycles. The van der Waals surface area contributed by atoms with E-state index in [0.29, 0.717) is 17.7 Å². The van der Waals surface area contributed by atoms with Gasteiger partial charge in [0.2, 0.25) is 0 Å². The summed E-state index contributed by atoms with van der Waals surface area (Å²) in [4.78, 5) is 14.3. The maximum Gasteiger partial charge on any atom is 0.290 e. The van der Waals surface area contributed by atoms with E-state index in [-0.39, 0.29) is 5.69 Å². The summed E-state index contributed by atoms with van der Waals surface area (Å²) in [7, 11) is 0. The number of aromatic nitrogens is 1. The molecule has 0 bridgehead atoms. The zero-order chi connectivity index (χ0) is 13.8. The summed E-state index contributed by atoms with van der Waals surface area (Å²) in [5.41, 5.74) is 1.99. The fourth-order valence-electron chi connectivity index (χ4n) is 1.90. The van der Waals surface area contributed by atoms with Gasteiger partial charge in [0.1, 0.15) is 6.20 Å². The summed E-state index contributed by atoms with van der Waals surface area (Å²) in [6.07, 6.45) is 0.917. The zero-order valence-corrected chi connectivity index (χ0v) is 10.5. The third-order valence-electron chi connectivity index (χ3n) is 2.92. The van der Waals surface area contributed by atoms with Gasteiger partial charge in [0.15, 0.2) is 0 Å². The van der Waals surface area contributed by atoms with E-state index in [1.165, 1.54) is 6.20 Å². The lowest BCUT2D eigenvalue weighted by Gasteiger charge is -2.10. The van der Waals surface area contributed by atoms with Crippen molar-refractivity contribution in [2.24, 2.45) is 0 Å². The highest BCUT2D eigenvalue weighted by Gasteiger charge is 2.14. The van der Waals surface area contributed by atoms with E-state index in [9.17, 15) is 15.2 Å². The number of hydrogen-bond donors (Lipinski definition) is 1. The van der Waals surface area contributed by atoms with E-state index >= 15 is 0 Å². The van der Waals surface area contributed by atoms with Crippen LogP contribution in [0.1, 0.15) is 22.9 Å². The van der Waals surface area contributed by atoms with Crippen molar-refractivity contribution < 1.29 is 10.0 Å². The van der Waals surface area contributed by atoms with Crippen LogP contribution in [-0.4, -0.2) is 15.0 Å². The molecule has 0 spiro atoms. The molecular weight excluding hydrogens is 244 g/mol. The number of pyridine rings is 1. The Labute approximate surface area is 110 Å². The molecule has 1 aromatic carbocycles. The van der Waals surface area contributed by atoms with Crippen molar-refractivity contribution >= 4 is 5.69 Å². The summed E-state index contributed by atoms with van der Waals surface area (Å²) in [6.45, 7) is 1.66. The summed E-state index contributed by atoms with van der Waals surface area (Å²) in [6, 6.07) is 10.9. The molecule has 0 aliphatic carbocycles. The highest BCUT2D eigenvalue weighted by molar-refractivity contribution is 5.37. The minimum Gasteiger partial charge on any atom is -0.388 e. The third-order valence-corrected chi connectivity index (χ3v) is 2.92. The van der Waals surface area contributed by atoms with Crippen molar-refractivity contribution in [3.63, 3.8) is 0 Å². The van der Waals surface area contributed by atoms with Crippen molar-refractivity contribution in [1.29, 1.82) is 0 Å². The molecule has 5 heteroatoms. The summed E-state index contributed by atoms with van der Waals surface area (Å²) in [5.74, 6) is 0. The van der Waals surface area contributed by atoms with Crippen LogP contribution >= 0.6 is 0 Å². The predicted octanol–water partition coefficient (Wildman–Crippen LogP) is 2.57. The molecule has 0 saturated carbocycles. The van der Waals surface area contributed by atoms with Gasteiger partial charge in [-0.1, -0.05) is 30.3 Å². The quantitative estimate of drug-likeness (QED) is 0.675. The summed E-state index contributed by atoms with van der Waals surface area (Å²) in [5, 5.41) is 20.8. The van der Waals surface area contributed by atoms with Gasteiger partial charge in [0, 0.05) is 17.7 Å². The molecule has 1 N–H and O–H groups in total. The fourth-order valence-corrected chi connectivity index (χ4v) is 1.90. The molecule has 19 heavy (non-hydrogen) atoms. The lowest BCUT2D eigenvalue weighted by Crippen LogP contribution is -2.04. The maximum atomic E-state index is 10.7. The zero-order valence-electron chi connectivity index (χ0n) is 10.5. The first-order valence-electron chi connectivity index (χ1n) is 5.91. The third kappa shape index (κ3) is 3.14. The van der Waals surface area contributed by atoms with E-state index < -0.39 is 11.0 Å². The van der Waals surface area contributed by atoms with E-state index in [1.54, 1.807) is 13.0 Å².